The predicted octanol–water partition coefficient (Wildman–Crippen LogP) is 3.25. The van der Waals surface area contributed by atoms with Crippen LogP contribution in [0.5, 0.6) is 0 Å². The van der Waals surface area contributed by atoms with Crippen molar-refractivity contribution in [2.45, 2.75) is 20.5 Å². The third kappa shape index (κ3) is 2.93. The van der Waals surface area contributed by atoms with Crippen molar-refractivity contribution >= 4 is 21.7 Å². The molecule has 0 saturated heterocycles. The minimum absolute atomic E-state index is 0.394. The summed E-state index contributed by atoms with van der Waals surface area (Å²) in [6.07, 6.45) is 0. The highest BCUT2D eigenvalue weighted by Crippen LogP contribution is 2.26. The first-order chi connectivity index (χ1) is 9.02. The zero-order valence-corrected chi connectivity index (χ0v) is 12.8. The molecule has 0 unspecified atom stereocenters. The van der Waals surface area contributed by atoms with Crippen LogP contribution in [0.1, 0.15) is 16.8 Å². The lowest BCUT2D eigenvalue weighted by Gasteiger charge is -2.09. The number of anilines is 1. The lowest BCUT2D eigenvalue weighted by molar-refractivity contribution is 0.181. The summed E-state index contributed by atoms with van der Waals surface area (Å²) in [5.41, 5.74) is 10.1. The van der Waals surface area contributed by atoms with Crippen molar-refractivity contribution in [3.8, 4) is 11.4 Å². The van der Waals surface area contributed by atoms with Gasteiger partial charge in [0.05, 0.1) is 16.8 Å². The number of rotatable bonds is 3. The van der Waals surface area contributed by atoms with Gasteiger partial charge in [0, 0.05) is 12.7 Å². The van der Waals surface area contributed by atoms with Gasteiger partial charge < -0.3 is 10.5 Å². The predicted molar refractivity (Wildman–Crippen MR) is 79.8 cm³/mol. The Hall–Kier alpha value is -1.46. The van der Waals surface area contributed by atoms with E-state index in [-0.39, 0.29) is 0 Å². The molecule has 2 aromatic rings. The molecule has 1 aromatic heterocycles. The summed E-state index contributed by atoms with van der Waals surface area (Å²) in [5, 5.41) is 0. The Kier molecular flexibility index (Phi) is 4.17. The molecule has 19 heavy (non-hydrogen) atoms. The number of ether oxygens (including phenoxy) is 1. The Morgan fingerprint density at radius 1 is 1.21 bits per heavy atom. The molecule has 0 spiro atoms. The molecule has 5 heteroatoms. The van der Waals surface area contributed by atoms with Gasteiger partial charge in [0.1, 0.15) is 5.82 Å². The minimum atomic E-state index is 0.394. The molecule has 0 aliphatic heterocycles. The number of benzene rings is 1. The maximum Gasteiger partial charge on any atom is 0.161 e. The third-order valence-corrected chi connectivity index (χ3v) is 3.86. The summed E-state index contributed by atoms with van der Waals surface area (Å²) in [5.74, 6) is 1.05. The van der Waals surface area contributed by atoms with Crippen molar-refractivity contribution in [3.05, 3.63) is 39.5 Å². The Balaban J connectivity index is 2.52. The van der Waals surface area contributed by atoms with E-state index in [4.69, 9.17) is 10.5 Å². The molecule has 1 heterocycles. The Morgan fingerprint density at radius 2 is 1.95 bits per heavy atom. The third-order valence-electron chi connectivity index (χ3n) is 2.99. The van der Waals surface area contributed by atoms with E-state index in [2.05, 4.69) is 51.9 Å². The molecule has 0 bridgehead atoms. The number of aryl methyl sites for hydroxylation is 2. The van der Waals surface area contributed by atoms with Crippen LogP contribution in [0.3, 0.4) is 0 Å². The molecule has 0 radical (unpaired) electrons. The number of nitrogens with zero attached hydrogens (tertiary/aromatic N) is 2. The first-order valence-electron chi connectivity index (χ1n) is 5.91. The quantitative estimate of drug-likeness (QED) is 0.942. The van der Waals surface area contributed by atoms with E-state index in [0.29, 0.717) is 22.7 Å². The molecular weight excluding hydrogens is 306 g/mol. The molecule has 0 aliphatic carbocycles. The van der Waals surface area contributed by atoms with Crippen LogP contribution in [-0.2, 0) is 11.3 Å². The molecule has 0 amide bonds. The van der Waals surface area contributed by atoms with Gasteiger partial charge in [-0.05, 0) is 47.0 Å². The van der Waals surface area contributed by atoms with Crippen LogP contribution >= 0.6 is 15.9 Å². The molecule has 0 atom stereocenters. The van der Waals surface area contributed by atoms with Gasteiger partial charge in [0.15, 0.2) is 5.82 Å². The second-order valence-corrected chi connectivity index (χ2v) is 5.22. The molecule has 0 aliphatic rings. The van der Waals surface area contributed by atoms with Crippen LogP contribution in [-0.4, -0.2) is 17.1 Å². The Labute approximate surface area is 121 Å². The van der Waals surface area contributed by atoms with Gasteiger partial charge in [0.2, 0.25) is 0 Å². The van der Waals surface area contributed by atoms with E-state index in [9.17, 15) is 0 Å². The molecule has 2 rings (SSSR count). The SMILES string of the molecule is COCc1nc(-c2ccc(C)c(C)c2)nc(N)c1Br. The largest absolute Gasteiger partial charge is 0.383 e. The number of nitrogen functional groups attached to an aromatic ring is 1. The van der Waals surface area contributed by atoms with Crippen LogP contribution in [0.2, 0.25) is 0 Å². The number of hydrogen-bond donors (Lipinski definition) is 1. The van der Waals surface area contributed by atoms with Crippen molar-refractivity contribution < 1.29 is 4.74 Å². The van der Waals surface area contributed by atoms with Crippen molar-refractivity contribution in [1.82, 2.24) is 9.97 Å². The summed E-state index contributed by atoms with van der Waals surface area (Å²) >= 11 is 3.38. The van der Waals surface area contributed by atoms with Gasteiger partial charge >= 0.3 is 0 Å². The number of methoxy groups -OCH3 is 1. The van der Waals surface area contributed by atoms with E-state index in [1.165, 1.54) is 11.1 Å². The highest BCUT2D eigenvalue weighted by Gasteiger charge is 2.11. The first-order valence-corrected chi connectivity index (χ1v) is 6.70. The highest BCUT2D eigenvalue weighted by molar-refractivity contribution is 9.10. The lowest BCUT2D eigenvalue weighted by Crippen LogP contribution is -2.04. The number of halogens is 1. The fourth-order valence-corrected chi connectivity index (χ4v) is 2.05. The van der Waals surface area contributed by atoms with Gasteiger partial charge in [-0.25, -0.2) is 9.97 Å². The van der Waals surface area contributed by atoms with Crippen molar-refractivity contribution in [2.24, 2.45) is 0 Å². The number of nitrogens with two attached hydrogens (primary N) is 1. The summed E-state index contributed by atoms with van der Waals surface area (Å²) < 4.78 is 5.82. The van der Waals surface area contributed by atoms with Gasteiger partial charge in [-0.2, -0.15) is 0 Å². The second-order valence-electron chi connectivity index (χ2n) is 4.43. The van der Waals surface area contributed by atoms with Crippen molar-refractivity contribution in [2.75, 3.05) is 12.8 Å². The fourth-order valence-electron chi connectivity index (χ4n) is 1.75. The molecule has 1 aromatic carbocycles. The van der Waals surface area contributed by atoms with Gasteiger partial charge in [-0.1, -0.05) is 12.1 Å². The van der Waals surface area contributed by atoms with Crippen LogP contribution in [0.4, 0.5) is 5.82 Å². The Morgan fingerprint density at radius 3 is 2.58 bits per heavy atom. The molecule has 4 nitrogen and oxygen atoms in total. The molecular formula is C14H16BrN3O. The maximum atomic E-state index is 5.90. The van der Waals surface area contributed by atoms with E-state index in [0.717, 1.165) is 11.3 Å². The molecule has 2 N–H and O–H groups in total. The van der Waals surface area contributed by atoms with E-state index in [1.54, 1.807) is 7.11 Å². The smallest absolute Gasteiger partial charge is 0.161 e. The normalized spacial score (nSPS) is 10.7. The number of aromatic nitrogens is 2. The molecule has 0 fully saturated rings. The monoisotopic (exact) mass is 321 g/mol. The summed E-state index contributed by atoms with van der Waals surface area (Å²) in [4.78, 5) is 8.82. The highest BCUT2D eigenvalue weighted by atomic mass is 79.9. The fraction of sp³-hybridized carbons (Fsp3) is 0.286. The number of hydrogen-bond acceptors (Lipinski definition) is 4. The second kappa shape index (κ2) is 5.67. The Bertz CT molecular complexity index is 614. The summed E-state index contributed by atoms with van der Waals surface area (Å²) in [6, 6.07) is 6.12. The molecule has 0 saturated carbocycles. The van der Waals surface area contributed by atoms with Crippen molar-refractivity contribution in [3.63, 3.8) is 0 Å². The van der Waals surface area contributed by atoms with Gasteiger partial charge in [-0.3, -0.25) is 0 Å². The zero-order valence-electron chi connectivity index (χ0n) is 11.2. The summed E-state index contributed by atoms with van der Waals surface area (Å²) in [7, 11) is 1.63. The van der Waals surface area contributed by atoms with Crippen LogP contribution in [0, 0.1) is 13.8 Å². The summed E-state index contributed by atoms with van der Waals surface area (Å²) in [6.45, 7) is 4.54. The molecule has 100 valence electrons. The zero-order chi connectivity index (χ0) is 14.0. The van der Waals surface area contributed by atoms with Crippen LogP contribution < -0.4 is 5.73 Å². The van der Waals surface area contributed by atoms with E-state index < -0.39 is 0 Å². The van der Waals surface area contributed by atoms with E-state index in [1.807, 2.05) is 6.07 Å². The van der Waals surface area contributed by atoms with Crippen LogP contribution in [0.15, 0.2) is 22.7 Å². The van der Waals surface area contributed by atoms with Gasteiger partial charge in [-0.15, -0.1) is 0 Å². The maximum absolute atomic E-state index is 5.90. The van der Waals surface area contributed by atoms with Crippen LogP contribution in [0.25, 0.3) is 11.4 Å². The van der Waals surface area contributed by atoms with Gasteiger partial charge in [0.25, 0.3) is 0 Å². The minimum Gasteiger partial charge on any atom is -0.383 e. The van der Waals surface area contributed by atoms with E-state index >= 15 is 0 Å². The average molecular weight is 322 g/mol. The first kappa shape index (κ1) is 14.0. The standard InChI is InChI=1S/C14H16BrN3O/c1-8-4-5-10(6-9(8)2)14-17-11(7-19-3)12(15)13(16)18-14/h4-6H,7H2,1-3H3,(H2,16,17,18). The topological polar surface area (TPSA) is 61.0 Å². The average Bonchev–Trinajstić information content (AvgIpc) is 2.38. The van der Waals surface area contributed by atoms with Crippen molar-refractivity contribution in [1.29, 1.82) is 0 Å². The lowest BCUT2D eigenvalue weighted by atomic mass is 10.1.